The Labute approximate surface area is 415 Å². The highest BCUT2D eigenvalue weighted by atomic mass is 16.5. The summed E-state index contributed by atoms with van der Waals surface area (Å²) in [6, 6.07) is 1.13. The van der Waals surface area contributed by atoms with Gasteiger partial charge in [0.15, 0.2) is 5.96 Å². The Morgan fingerprint density at radius 3 is 2.07 bits per heavy atom. The molecule has 10 atom stereocenters. The van der Waals surface area contributed by atoms with Crippen LogP contribution in [0, 0.1) is 17.8 Å². The van der Waals surface area contributed by atoms with Crippen molar-refractivity contribution in [2.45, 2.75) is 142 Å². The number of nitrogens with one attached hydrogen (secondary N) is 7. The second-order valence-corrected chi connectivity index (χ2v) is 17.8. The summed E-state index contributed by atoms with van der Waals surface area (Å²) < 4.78 is 5.81. The Morgan fingerprint density at radius 2 is 1.48 bits per heavy atom. The van der Waals surface area contributed by atoms with Gasteiger partial charge in [0.25, 0.3) is 5.91 Å². The van der Waals surface area contributed by atoms with Gasteiger partial charge in [0.2, 0.25) is 35.4 Å². The van der Waals surface area contributed by atoms with Crippen LogP contribution in [0.2, 0.25) is 0 Å². The molecule has 0 saturated carbocycles. The molecule has 1 aliphatic rings. The molecule has 1 heterocycles. The number of carbonyl (C=O) groups excluding carboxylic acids is 7. The van der Waals surface area contributed by atoms with Gasteiger partial charge >= 0.3 is 11.9 Å². The lowest BCUT2D eigenvalue weighted by Crippen LogP contribution is -2.57. The number of methoxy groups -OCH3 is 1. The number of guanidine groups is 1. The zero-order chi connectivity index (χ0) is 53.4. The Hall–Kier alpha value is -7.10. The Morgan fingerprint density at radius 1 is 0.845 bits per heavy atom. The number of hydrogen-bond donors (Lipinski definition) is 11. The summed E-state index contributed by atoms with van der Waals surface area (Å²) in [7, 11) is 1.61. The topological polar surface area (TPSA) is 352 Å². The molecule has 0 bridgehead atoms. The minimum absolute atomic E-state index is 0.0308. The molecule has 22 nitrogen and oxygen atoms in total. The van der Waals surface area contributed by atoms with E-state index in [9.17, 15) is 53.4 Å². The summed E-state index contributed by atoms with van der Waals surface area (Å²) in [5.74, 6) is -10.9. The molecule has 22 heteroatoms. The first kappa shape index (κ1) is 60.0. The number of rotatable bonds is 16. The van der Waals surface area contributed by atoms with Gasteiger partial charge in [-0.3, -0.25) is 38.6 Å². The molecule has 3 unspecified atom stereocenters. The average Bonchev–Trinajstić information content (AvgIpc) is 3.31. The van der Waals surface area contributed by atoms with Gasteiger partial charge in [-0.15, -0.1) is 0 Å². The molecule has 1 aromatic rings. The van der Waals surface area contributed by atoms with E-state index < -0.39 is 115 Å². The number of carboxylic acids is 2. The first-order chi connectivity index (χ1) is 33.5. The van der Waals surface area contributed by atoms with Gasteiger partial charge in [0.05, 0.1) is 24.5 Å². The molecule has 2 rings (SSSR count). The van der Waals surface area contributed by atoms with Gasteiger partial charge in [-0.2, -0.15) is 0 Å². The van der Waals surface area contributed by atoms with Crippen LogP contribution in [0.25, 0.3) is 0 Å². The number of aliphatic imine (C=N–C) groups is 1. The molecule has 392 valence electrons. The maximum absolute atomic E-state index is 14.3. The van der Waals surface area contributed by atoms with E-state index in [0.29, 0.717) is 18.4 Å². The van der Waals surface area contributed by atoms with Gasteiger partial charge in [-0.05, 0) is 64.4 Å². The van der Waals surface area contributed by atoms with E-state index in [1.54, 1.807) is 27.0 Å². The number of amides is 7. The van der Waals surface area contributed by atoms with Crippen molar-refractivity contribution in [3.05, 3.63) is 71.5 Å². The second kappa shape index (κ2) is 30.5. The van der Waals surface area contributed by atoms with E-state index in [1.165, 1.54) is 32.9 Å². The number of carbonyl (C=O) groups is 9. The molecule has 0 aliphatic carbocycles. The van der Waals surface area contributed by atoms with E-state index in [0.717, 1.165) is 5.56 Å². The van der Waals surface area contributed by atoms with Crippen molar-refractivity contribution in [2.75, 3.05) is 13.7 Å². The van der Waals surface area contributed by atoms with Gasteiger partial charge < -0.3 is 63.6 Å². The number of nitrogens with zero attached hydrogens (tertiary/aromatic N) is 1. The summed E-state index contributed by atoms with van der Waals surface area (Å²) >= 11 is 0. The predicted octanol–water partition coefficient (Wildman–Crippen LogP) is 0.810. The fourth-order valence-electron chi connectivity index (χ4n) is 7.36. The Kier molecular flexibility index (Phi) is 25.8. The van der Waals surface area contributed by atoms with Crippen LogP contribution in [-0.2, 0) is 54.3 Å². The van der Waals surface area contributed by atoms with Crippen molar-refractivity contribution in [2.24, 2.45) is 34.2 Å². The number of benzene rings is 1. The van der Waals surface area contributed by atoms with Gasteiger partial charge in [-0.1, -0.05) is 94.3 Å². The van der Waals surface area contributed by atoms with E-state index in [1.807, 2.05) is 50.3 Å². The third-order valence-corrected chi connectivity index (χ3v) is 11.9. The van der Waals surface area contributed by atoms with Gasteiger partial charge in [-0.25, -0.2) is 9.59 Å². The molecular formula is C49H74N10O12. The molecule has 0 spiro atoms. The lowest BCUT2D eigenvalue weighted by molar-refractivity contribution is -0.144. The van der Waals surface area contributed by atoms with Crippen LogP contribution in [0.1, 0.15) is 99.0 Å². The largest absolute Gasteiger partial charge is 0.480 e. The van der Waals surface area contributed by atoms with Crippen LogP contribution in [-0.4, -0.2) is 125 Å². The van der Waals surface area contributed by atoms with Crippen molar-refractivity contribution < 1.29 is 58.1 Å². The molecule has 71 heavy (non-hydrogen) atoms. The zero-order valence-corrected chi connectivity index (χ0v) is 41.9. The predicted molar refractivity (Wildman–Crippen MR) is 264 cm³/mol. The van der Waals surface area contributed by atoms with Gasteiger partial charge in [0, 0.05) is 26.0 Å². The number of aliphatic carboxylic acids is 2. The maximum Gasteiger partial charge on any atom is 0.326 e. The summed E-state index contributed by atoms with van der Waals surface area (Å²) in [6.07, 6.45) is 5.68. The first-order valence-corrected chi connectivity index (χ1v) is 23.7. The molecular weight excluding hydrogens is 921 g/mol. The normalized spacial score (nSPS) is 25.1. The molecule has 0 radical (unpaired) electrons. The fraction of sp³-hybridized carbons (Fsp3) is 0.551. The van der Waals surface area contributed by atoms with Crippen molar-refractivity contribution >= 4 is 59.2 Å². The summed E-state index contributed by atoms with van der Waals surface area (Å²) in [5, 5.41) is 37.7. The SMILES string of the molecule is C/C=C1/NC(=O)CC[C@H](C(=O)O)NC(=O)[C@@H](C)[C@H](/C=C/C(C)=C/[C@H](C)[C@H](Cc2ccccc2)OC)NC(=O)C(CCCN=C(N)N)NC(=O)CC(C(=O)O)NC(=O)C(C[C@@H](C)CC)NC(=O)[C@@H](C)NC1=O. The average molecular weight is 995 g/mol. The molecule has 0 aromatic heterocycles. The molecule has 1 aromatic carbocycles. The number of ether oxygens (including phenoxy) is 1. The number of carboxylic acid groups (broad SMARTS) is 2. The van der Waals surface area contributed by atoms with Crippen molar-refractivity contribution in [3.8, 4) is 0 Å². The van der Waals surface area contributed by atoms with Crippen molar-refractivity contribution in [1.29, 1.82) is 0 Å². The van der Waals surface area contributed by atoms with E-state index in [4.69, 9.17) is 16.2 Å². The number of nitrogens with two attached hydrogens (primary N) is 2. The first-order valence-electron chi connectivity index (χ1n) is 23.7. The summed E-state index contributed by atoms with van der Waals surface area (Å²) in [6.45, 7) is 11.6. The van der Waals surface area contributed by atoms with Crippen LogP contribution in [0.5, 0.6) is 0 Å². The van der Waals surface area contributed by atoms with E-state index in [2.05, 4.69) is 42.2 Å². The van der Waals surface area contributed by atoms with E-state index in [-0.39, 0.29) is 55.4 Å². The third-order valence-electron chi connectivity index (χ3n) is 11.9. The molecule has 1 fully saturated rings. The van der Waals surface area contributed by atoms with Crippen LogP contribution in [0.3, 0.4) is 0 Å². The Balaban J connectivity index is 2.69. The standard InChI is InChI=1S/C49H74N10O12/c1-9-27(3)24-37-46(66)59-38(48(69)70)26-41(61)55-35(17-14-22-52-49(50)51)45(65)56-34(19-18-28(4)23-29(5)39(71-8)25-32-15-12-11-13-16-32)30(6)42(62)57-36(47(67)68)20-21-40(60)54-33(10-2)44(64)53-31(7)43(63)58-37/h10-13,15-16,18-19,23,27,29-31,34-39H,9,14,17,20-22,24-26H2,1-8H3,(H,53,64)(H,54,60)(H,55,61)(H,56,65)(H,57,62)(H,58,63)(H,59,66)(H,67,68)(H,69,70)(H4,50,51,52)/b19-18+,28-23+,33-10+/t27-,29-,30-,31+,34-,35?,36+,37?,38?,39-/m0/s1. The smallest absolute Gasteiger partial charge is 0.326 e. The quantitative estimate of drug-likeness (QED) is 0.0359. The highest BCUT2D eigenvalue weighted by Gasteiger charge is 2.34. The molecule has 13 N–H and O–H groups in total. The zero-order valence-electron chi connectivity index (χ0n) is 41.9. The Bertz CT molecular complexity index is 2140. The molecule has 1 saturated heterocycles. The van der Waals surface area contributed by atoms with Gasteiger partial charge in [0.1, 0.15) is 35.9 Å². The van der Waals surface area contributed by atoms with E-state index >= 15 is 0 Å². The lowest BCUT2D eigenvalue weighted by atomic mass is 9.94. The minimum Gasteiger partial charge on any atom is -0.480 e. The van der Waals surface area contributed by atoms with Crippen LogP contribution >= 0.6 is 0 Å². The van der Waals surface area contributed by atoms with Crippen LogP contribution in [0.15, 0.2) is 70.9 Å². The van der Waals surface area contributed by atoms with Crippen molar-refractivity contribution in [3.63, 3.8) is 0 Å². The second-order valence-electron chi connectivity index (χ2n) is 17.8. The monoisotopic (exact) mass is 995 g/mol. The van der Waals surface area contributed by atoms with Crippen molar-refractivity contribution in [1.82, 2.24) is 37.2 Å². The van der Waals surface area contributed by atoms with Crippen LogP contribution < -0.4 is 48.7 Å². The minimum atomic E-state index is -1.85. The molecule has 1 aliphatic heterocycles. The number of hydrogen-bond acceptors (Lipinski definition) is 11. The highest BCUT2D eigenvalue weighted by Crippen LogP contribution is 2.19. The fourth-order valence-corrected chi connectivity index (χ4v) is 7.36. The maximum atomic E-state index is 14.3. The third kappa shape index (κ3) is 21.6. The lowest BCUT2D eigenvalue weighted by Gasteiger charge is -2.27. The molecule has 7 amide bonds. The highest BCUT2D eigenvalue weighted by molar-refractivity contribution is 6.00. The number of allylic oxidation sites excluding steroid dienone is 3. The van der Waals surface area contributed by atoms with Crippen LogP contribution in [0.4, 0.5) is 0 Å². The summed E-state index contributed by atoms with van der Waals surface area (Å²) in [4.78, 5) is 124. The summed E-state index contributed by atoms with van der Waals surface area (Å²) in [5.41, 5.74) is 12.5.